The molecule has 0 aromatic heterocycles. The van der Waals surface area contributed by atoms with Gasteiger partial charge in [-0.05, 0) is 13.3 Å². The Bertz CT molecular complexity index is 81.3. The monoisotopic (exact) mass is 143 g/mol. The maximum absolute atomic E-state index is 9.92. The number of ether oxygens (including phenoxy) is 1. The summed E-state index contributed by atoms with van der Waals surface area (Å²) in [6.07, 6.45) is 4.82. The van der Waals surface area contributed by atoms with Gasteiger partial charge in [-0.1, -0.05) is 19.8 Å². The maximum atomic E-state index is 9.92. The minimum absolute atomic E-state index is 0.350. The quantitative estimate of drug-likeness (QED) is 0.529. The van der Waals surface area contributed by atoms with Crippen LogP contribution in [0, 0.1) is 0 Å². The van der Waals surface area contributed by atoms with Gasteiger partial charge in [0.05, 0.1) is 0 Å². The molecular formula is C8H15O2. The highest BCUT2D eigenvalue weighted by Gasteiger charge is 1.97. The van der Waals surface area contributed by atoms with Crippen molar-refractivity contribution < 1.29 is 9.53 Å². The molecule has 0 heterocycles. The Morgan fingerprint density at radius 3 is 2.70 bits per heavy atom. The molecule has 1 atom stereocenters. The van der Waals surface area contributed by atoms with Crippen LogP contribution < -0.4 is 0 Å². The third-order valence-electron chi connectivity index (χ3n) is 1.28. The molecule has 0 saturated heterocycles. The van der Waals surface area contributed by atoms with Crippen molar-refractivity contribution >= 4 is 6.29 Å². The second-order valence-corrected chi connectivity index (χ2v) is 2.34. The normalized spacial score (nSPS) is 13.0. The lowest BCUT2D eigenvalue weighted by atomic mass is 10.3. The minimum atomic E-state index is -0.350. The Kier molecular flexibility index (Phi) is 6.50. The van der Waals surface area contributed by atoms with E-state index in [1.807, 2.05) is 0 Å². The summed E-state index contributed by atoms with van der Waals surface area (Å²) < 4.78 is 5.07. The molecule has 10 heavy (non-hydrogen) atoms. The Morgan fingerprint density at radius 2 is 2.20 bits per heavy atom. The van der Waals surface area contributed by atoms with E-state index in [4.69, 9.17) is 4.74 Å². The van der Waals surface area contributed by atoms with Crippen molar-refractivity contribution in [2.75, 3.05) is 6.61 Å². The third-order valence-corrected chi connectivity index (χ3v) is 1.28. The van der Waals surface area contributed by atoms with Crippen molar-refractivity contribution in [2.24, 2.45) is 0 Å². The van der Waals surface area contributed by atoms with Crippen molar-refractivity contribution in [1.29, 1.82) is 0 Å². The third kappa shape index (κ3) is 5.76. The molecule has 0 bridgehead atoms. The lowest BCUT2D eigenvalue weighted by Crippen LogP contribution is -2.09. The van der Waals surface area contributed by atoms with Crippen molar-refractivity contribution in [1.82, 2.24) is 0 Å². The average molecular weight is 143 g/mol. The number of rotatable bonds is 6. The van der Waals surface area contributed by atoms with E-state index in [-0.39, 0.29) is 6.10 Å². The first-order valence-corrected chi connectivity index (χ1v) is 3.80. The van der Waals surface area contributed by atoms with Gasteiger partial charge in [0.1, 0.15) is 6.10 Å². The first kappa shape index (κ1) is 9.63. The summed E-state index contributed by atoms with van der Waals surface area (Å²) in [7, 11) is 0. The molecule has 2 heteroatoms. The van der Waals surface area contributed by atoms with Crippen molar-refractivity contribution in [3.05, 3.63) is 0 Å². The minimum Gasteiger partial charge on any atom is -0.370 e. The van der Waals surface area contributed by atoms with Crippen LogP contribution in [0.15, 0.2) is 0 Å². The molecule has 0 aromatic carbocycles. The molecule has 0 rings (SSSR count). The Balaban J connectivity index is 2.95. The van der Waals surface area contributed by atoms with Gasteiger partial charge >= 0.3 is 0 Å². The predicted octanol–water partition coefficient (Wildman–Crippen LogP) is 1.69. The van der Waals surface area contributed by atoms with Crippen LogP contribution in [0.3, 0.4) is 0 Å². The van der Waals surface area contributed by atoms with Gasteiger partial charge < -0.3 is 4.74 Å². The van der Waals surface area contributed by atoms with E-state index < -0.39 is 0 Å². The largest absolute Gasteiger partial charge is 0.370 e. The summed E-state index contributed by atoms with van der Waals surface area (Å²) in [5, 5.41) is 0. The second-order valence-electron chi connectivity index (χ2n) is 2.34. The van der Waals surface area contributed by atoms with Crippen LogP contribution in [-0.4, -0.2) is 19.0 Å². The predicted molar refractivity (Wildman–Crippen MR) is 40.6 cm³/mol. The van der Waals surface area contributed by atoms with Gasteiger partial charge in [-0.15, -0.1) is 0 Å². The molecule has 2 nitrogen and oxygen atoms in total. The van der Waals surface area contributed by atoms with Gasteiger partial charge in [0.2, 0.25) is 6.29 Å². The molecule has 0 amide bonds. The fourth-order valence-electron chi connectivity index (χ4n) is 0.646. The zero-order valence-corrected chi connectivity index (χ0v) is 6.72. The van der Waals surface area contributed by atoms with Gasteiger partial charge in [0.15, 0.2) is 0 Å². The zero-order valence-electron chi connectivity index (χ0n) is 6.72. The second kappa shape index (κ2) is 6.75. The number of hydrogen-bond acceptors (Lipinski definition) is 2. The number of hydrogen-bond donors (Lipinski definition) is 0. The molecule has 1 unspecified atom stereocenters. The molecule has 0 fully saturated rings. The zero-order chi connectivity index (χ0) is 7.82. The molecule has 0 aliphatic heterocycles. The van der Waals surface area contributed by atoms with E-state index in [9.17, 15) is 4.79 Å². The molecule has 1 radical (unpaired) electrons. The summed E-state index contributed by atoms with van der Waals surface area (Å²) in [6.45, 7) is 4.53. The van der Waals surface area contributed by atoms with Crippen LogP contribution in [-0.2, 0) is 9.53 Å². The smallest absolute Gasteiger partial charge is 0.229 e. The van der Waals surface area contributed by atoms with E-state index >= 15 is 0 Å². The van der Waals surface area contributed by atoms with Crippen LogP contribution >= 0.6 is 0 Å². The average Bonchev–Trinajstić information content (AvgIpc) is 1.98. The summed E-state index contributed by atoms with van der Waals surface area (Å²) >= 11 is 0. The molecule has 0 aliphatic rings. The number of unbranched alkanes of at least 4 members (excludes halogenated alkanes) is 2. The molecule has 0 aliphatic carbocycles. The summed E-state index contributed by atoms with van der Waals surface area (Å²) in [6, 6.07) is 0. The van der Waals surface area contributed by atoms with Gasteiger partial charge in [-0.3, -0.25) is 4.79 Å². The molecule has 59 valence electrons. The first-order valence-electron chi connectivity index (χ1n) is 3.80. The van der Waals surface area contributed by atoms with Crippen molar-refractivity contribution in [2.45, 2.75) is 39.2 Å². The summed E-state index contributed by atoms with van der Waals surface area (Å²) in [5.41, 5.74) is 0. The molecular weight excluding hydrogens is 128 g/mol. The van der Waals surface area contributed by atoms with Crippen LogP contribution in [0.4, 0.5) is 0 Å². The van der Waals surface area contributed by atoms with Gasteiger partial charge in [0, 0.05) is 6.61 Å². The maximum Gasteiger partial charge on any atom is 0.229 e. The van der Waals surface area contributed by atoms with Crippen molar-refractivity contribution in [3.63, 3.8) is 0 Å². The lowest BCUT2D eigenvalue weighted by molar-refractivity contribution is 0.104. The van der Waals surface area contributed by atoms with E-state index in [1.165, 1.54) is 12.8 Å². The van der Waals surface area contributed by atoms with Gasteiger partial charge in [0.25, 0.3) is 0 Å². The fourth-order valence-corrected chi connectivity index (χ4v) is 0.646. The topological polar surface area (TPSA) is 26.3 Å². The SMILES string of the molecule is CCCCCOC(C)[C]=O. The Labute approximate surface area is 62.6 Å². The highest BCUT2D eigenvalue weighted by Crippen LogP contribution is 1.95. The molecule has 0 saturated carbocycles. The Morgan fingerprint density at radius 1 is 1.50 bits per heavy atom. The summed E-state index contributed by atoms with van der Waals surface area (Å²) in [5.74, 6) is 0. The molecule has 0 spiro atoms. The van der Waals surface area contributed by atoms with Crippen LogP contribution in [0.5, 0.6) is 0 Å². The highest BCUT2D eigenvalue weighted by atomic mass is 16.5. The summed E-state index contributed by atoms with van der Waals surface area (Å²) in [4.78, 5) is 9.92. The fraction of sp³-hybridized carbons (Fsp3) is 0.875. The van der Waals surface area contributed by atoms with Crippen molar-refractivity contribution in [3.8, 4) is 0 Å². The molecule has 0 aromatic rings. The molecule has 0 N–H and O–H groups in total. The van der Waals surface area contributed by atoms with E-state index in [0.29, 0.717) is 6.61 Å². The van der Waals surface area contributed by atoms with Crippen LogP contribution in [0.25, 0.3) is 0 Å². The van der Waals surface area contributed by atoms with E-state index in [0.717, 1.165) is 6.42 Å². The van der Waals surface area contributed by atoms with Gasteiger partial charge in [-0.2, -0.15) is 0 Å². The highest BCUT2D eigenvalue weighted by molar-refractivity contribution is 5.56. The Hall–Kier alpha value is -0.370. The van der Waals surface area contributed by atoms with Crippen LogP contribution in [0.1, 0.15) is 33.1 Å². The van der Waals surface area contributed by atoms with E-state index in [1.54, 1.807) is 13.2 Å². The lowest BCUT2D eigenvalue weighted by Gasteiger charge is -2.03. The van der Waals surface area contributed by atoms with E-state index in [2.05, 4.69) is 6.92 Å². The number of carbonyl (C=O) groups excluding carboxylic acids is 1. The first-order chi connectivity index (χ1) is 4.81. The van der Waals surface area contributed by atoms with Gasteiger partial charge in [-0.25, -0.2) is 0 Å². The standard InChI is InChI=1S/C8H15O2/c1-3-4-5-6-10-8(2)7-9/h8H,3-6H2,1-2H3. The van der Waals surface area contributed by atoms with Crippen LogP contribution in [0.2, 0.25) is 0 Å².